The number of carbonyl (C=O) groups excluding carboxylic acids is 1. The lowest BCUT2D eigenvalue weighted by Gasteiger charge is -2.11. The standard InChI is InChI=1S/C19H17N3O2/c1-13-3-2-4-17(9-13)24-18-11-15(20)10-16(12-18)22-19(23)14-5-7-21-8-6-14/h2-12H,20H2,1H3,(H,22,23). The largest absolute Gasteiger partial charge is 0.457 e. The number of benzene rings is 2. The lowest BCUT2D eigenvalue weighted by molar-refractivity contribution is 0.102. The summed E-state index contributed by atoms with van der Waals surface area (Å²) in [5, 5.41) is 2.81. The first-order valence-electron chi connectivity index (χ1n) is 7.46. The molecular formula is C19H17N3O2. The SMILES string of the molecule is Cc1cccc(Oc2cc(N)cc(NC(=O)c3ccncc3)c2)c1. The highest BCUT2D eigenvalue weighted by atomic mass is 16.5. The average molecular weight is 319 g/mol. The van der Waals surface area contributed by atoms with Crippen LogP contribution in [0.5, 0.6) is 11.5 Å². The number of ether oxygens (including phenoxy) is 1. The van der Waals surface area contributed by atoms with Crippen LogP contribution in [0.3, 0.4) is 0 Å². The van der Waals surface area contributed by atoms with Gasteiger partial charge in [0.15, 0.2) is 0 Å². The van der Waals surface area contributed by atoms with Crippen LogP contribution < -0.4 is 15.8 Å². The Morgan fingerprint density at radius 2 is 1.83 bits per heavy atom. The molecule has 1 aromatic heterocycles. The normalized spacial score (nSPS) is 10.2. The second-order valence-electron chi connectivity index (χ2n) is 5.40. The van der Waals surface area contributed by atoms with Crippen LogP contribution in [0.2, 0.25) is 0 Å². The van der Waals surface area contributed by atoms with Gasteiger partial charge in [-0.15, -0.1) is 0 Å². The molecule has 0 spiro atoms. The Bertz CT molecular complexity index is 863. The van der Waals surface area contributed by atoms with E-state index >= 15 is 0 Å². The van der Waals surface area contributed by atoms with E-state index in [1.54, 1.807) is 42.7 Å². The second-order valence-corrected chi connectivity index (χ2v) is 5.40. The fourth-order valence-corrected chi connectivity index (χ4v) is 2.27. The van der Waals surface area contributed by atoms with Crippen LogP contribution in [0.4, 0.5) is 11.4 Å². The van der Waals surface area contributed by atoms with E-state index in [0.29, 0.717) is 28.4 Å². The molecule has 0 radical (unpaired) electrons. The van der Waals surface area contributed by atoms with Gasteiger partial charge in [0.2, 0.25) is 0 Å². The van der Waals surface area contributed by atoms with Crippen molar-refractivity contribution in [3.8, 4) is 11.5 Å². The van der Waals surface area contributed by atoms with Gasteiger partial charge in [0.05, 0.1) is 0 Å². The topological polar surface area (TPSA) is 77.2 Å². The molecule has 5 heteroatoms. The fourth-order valence-electron chi connectivity index (χ4n) is 2.27. The minimum Gasteiger partial charge on any atom is -0.457 e. The van der Waals surface area contributed by atoms with Gasteiger partial charge in [-0.1, -0.05) is 12.1 Å². The van der Waals surface area contributed by atoms with E-state index in [9.17, 15) is 4.79 Å². The van der Waals surface area contributed by atoms with E-state index in [2.05, 4.69) is 10.3 Å². The molecule has 0 bridgehead atoms. The summed E-state index contributed by atoms with van der Waals surface area (Å²) in [7, 11) is 0. The number of nitrogens with one attached hydrogen (secondary N) is 1. The zero-order valence-electron chi connectivity index (χ0n) is 13.2. The van der Waals surface area contributed by atoms with E-state index in [1.807, 2.05) is 31.2 Å². The highest BCUT2D eigenvalue weighted by Crippen LogP contribution is 2.28. The number of aryl methyl sites for hydroxylation is 1. The lowest BCUT2D eigenvalue weighted by Crippen LogP contribution is -2.12. The Kier molecular flexibility index (Phi) is 4.43. The zero-order chi connectivity index (χ0) is 16.9. The Hall–Kier alpha value is -3.34. The molecule has 120 valence electrons. The summed E-state index contributed by atoms with van der Waals surface area (Å²) in [6, 6.07) is 16.1. The summed E-state index contributed by atoms with van der Waals surface area (Å²) in [6.07, 6.45) is 3.14. The smallest absolute Gasteiger partial charge is 0.255 e. The summed E-state index contributed by atoms with van der Waals surface area (Å²) >= 11 is 0. The number of hydrogen-bond acceptors (Lipinski definition) is 4. The average Bonchev–Trinajstić information content (AvgIpc) is 2.55. The zero-order valence-corrected chi connectivity index (χ0v) is 13.2. The van der Waals surface area contributed by atoms with Gasteiger partial charge in [-0.05, 0) is 42.8 Å². The molecular weight excluding hydrogens is 302 g/mol. The number of hydrogen-bond donors (Lipinski definition) is 2. The first-order valence-corrected chi connectivity index (χ1v) is 7.46. The number of nitrogens with zero attached hydrogens (tertiary/aromatic N) is 1. The minimum absolute atomic E-state index is 0.232. The molecule has 0 unspecified atom stereocenters. The van der Waals surface area contributed by atoms with Gasteiger partial charge >= 0.3 is 0 Å². The van der Waals surface area contributed by atoms with Gasteiger partial charge in [0, 0.05) is 41.5 Å². The summed E-state index contributed by atoms with van der Waals surface area (Å²) < 4.78 is 5.83. The monoisotopic (exact) mass is 319 g/mol. The number of pyridine rings is 1. The van der Waals surface area contributed by atoms with Crippen LogP contribution in [-0.4, -0.2) is 10.9 Å². The number of amides is 1. The first kappa shape index (κ1) is 15.6. The number of aromatic nitrogens is 1. The van der Waals surface area contributed by atoms with Crippen molar-refractivity contribution in [2.24, 2.45) is 0 Å². The van der Waals surface area contributed by atoms with Crippen LogP contribution in [0.15, 0.2) is 67.0 Å². The molecule has 3 aromatic rings. The molecule has 0 fully saturated rings. The fraction of sp³-hybridized carbons (Fsp3) is 0.0526. The summed E-state index contributed by atoms with van der Waals surface area (Å²) in [6.45, 7) is 1.99. The van der Waals surface area contributed by atoms with Crippen molar-refractivity contribution in [3.63, 3.8) is 0 Å². The molecule has 2 aromatic carbocycles. The molecule has 0 aliphatic rings. The number of nitrogen functional groups attached to an aromatic ring is 1. The third kappa shape index (κ3) is 3.89. The number of rotatable bonds is 4. The number of anilines is 2. The molecule has 1 heterocycles. The maximum atomic E-state index is 12.2. The van der Waals surface area contributed by atoms with Gasteiger partial charge in [-0.3, -0.25) is 9.78 Å². The van der Waals surface area contributed by atoms with E-state index in [4.69, 9.17) is 10.5 Å². The van der Waals surface area contributed by atoms with Crippen molar-refractivity contribution in [1.82, 2.24) is 4.98 Å². The molecule has 3 rings (SSSR count). The molecule has 1 amide bonds. The van der Waals surface area contributed by atoms with Gasteiger partial charge in [0.25, 0.3) is 5.91 Å². The third-order valence-corrected chi connectivity index (χ3v) is 3.35. The van der Waals surface area contributed by atoms with Crippen LogP contribution in [-0.2, 0) is 0 Å². The molecule has 0 saturated carbocycles. The Balaban J connectivity index is 1.80. The molecule has 3 N–H and O–H groups in total. The number of nitrogens with two attached hydrogens (primary N) is 1. The second kappa shape index (κ2) is 6.83. The van der Waals surface area contributed by atoms with Crippen molar-refractivity contribution >= 4 is 17.3 Å². The molecule has 5 nitrogen and oxygen atoms in total. The van der Waals surface area contributed by atoms with Crippen LogP contribution >= 0.6 is 0 Å². The van der Waals surface area contributed by atoms with E-state index in [0.717, 1.165) is 5.56 Å². The summed E-state index contributed by atoms with van der Waals surface area (Å²) in [5.41, 5.74) is 8.61. The van der Waals surface area contributed by atoms with Gasteiger partial charge in [0.1, 0.15) is 11.5 Å². The quantitative estimate of drug-likeness (QED) is 0.712. The van der Waals surface area contributed by atoms with Crippen molar-refractivity contribution in [1.29, 1.82) is 0 Å². The Labute approximate surface area is 140 Å². The number of carbonyl (C=O) groups is 1. The summed E-state index contributed by atoms with van der Waals surface area (Å²) in [5.74, 6) is 1.04. The van der Waals surface area contributed by atoms with Crippen molar-refractivity contribution in [3.05, 3.63) is 78.1 Å². The van der Waals surface area contributed by atoms with Crippen molar-refractivity contribution in [2.45, 2.75) is 6.92 Å². The molecule has 24 heavy (non-hydrogen) atoms. The van der Waals surface area contributed by atoms with Crippen molar-refractivity contribution in [2.75, 3.05) is 11.1 Å². The van der Waals surface area contributed by atoms with E-state index in [-0.39, 0.29) is 5.91 Å². The van der Waals surface area contributed by atoms with Crippen molar-refractivity contribution < 1.29 is 9.53 Å². The highest BCUT2D eigenvalue weighted by Gasteiger charge is 2.08. The minimum atomic E-state index is -0.232. The lowest BCUT2D eigenvalue weighted by atomic mass is 10.2. The van der Waals surface area contributed by atoms with Gasteiger partial charge in [-0.2, -0.15) is 0 Å². The van der Waals surface area contributed by atoms with Crippen LogP contribution in [0.25, 0.3) is 0 Å². The Morgan fingerprint density at radius 3 is 2.58 bits per heavy atom. The molecule has 0 saturated heterocycles. The molecule has 0 aliphatic carbocycles. The van der Waals surface area contributed by atoms with E-state index < -0.39 is 0 Å². The van der Waals surface area contributed by atoms with Crippen LogP contribution in [0.1, 0.15) is 15.9 Å². The van der Waals surface area contributed by atoms with Gasteiger partial charge in [-0.25, -0.2) is 0 Å². The maximum absolute atomic E-state index is 12.2. The van der Waals surface area contributed by atoms with E-state index in [1.165, 1.54) is 0 Å². The third-order valence-electron chi connectivity index (χ3n) is 3.35. The Morgan fingerprint density at radius 1 is 1.04 bits per heavy atom. The molecule has 0 aliphatic heterocycles. The highest BCUT2D eigenvalue weighted by molar-refractivity contribution is 6.04. The van der Waals surface area contributed by atoms with Crippen LogP contribution in [0, 0.1) is 6.92 Å². The predicted octanol–water partition coefficient (Wildman–Crippen LogP) is 4.02. The predicted molar refractivity (Wildman–Crippen MR) is 94.3 cm³/mol. The molecule has 0 atom stereocenters. The first-order chi connectivity index (χ1) is 11.6. The maximum Gasteiger partial charge on any atom is 0.255 e. The summed E-state index contributed by atoms with van der Waals surface area (Å²) in [4.78, 5) is 16.1. The van der Waals surface area contributed by atoms with Gasteiger partial charge < -0.3 is 15.8 Å².